The summed E-state index contributed by atoms with van der Waals surface area (Å²) in [6, 6.07) is 9.94. The molecule has 1 unspecified atom stereocenters. The van der Waals surface area contributed by atoms with Gasteiger partial charge in [-0.25, -0.2) is 4.98 Å². The molecule has 138 valence electrons. The molecule has 0 bridgehead atoms. The summed E-state index contributed by atoms with van der Waals surface area (Å²) in [7, 11) is 0. The molecule has 0 aliphatic heterocycles. The Labute approximate surface area is 157 Å². The van der Waals surface area contributed by atoms with Gasteiger partial charge in [0.15, 0.2) is 0 Å². The Hall–Kier alpha value is -1.96. The molecule has 0 radical (unpaired) electrons. The molecule has 0 spiro atoms. The lowest BCUT2D eigenvalue weighted by Gasteiger charge is -2.18. The quantitative estimate of drug-likeness (QED) is 0.640. The lowest BCUT2D eigenvalue weighted by atomic mass is 10.1. The van der Waals surface area contributed by atoms with Gasteiger partial charge in [0, 0.05) is 29.1 Å². The molecule has 3 aromatic rings. The summed E-state index contributed by atoms with van der Waals surface area (Å²) in [5.74, 6) is -0.967. The molecule has 2 aromatic carbocycles. The summed E-state index contributed by atoms with van der Waals surface area (Å²) in [4.78, 5) is 5.83. The number of rotatable bonds is 5. The molecule has 0 aliphatic rings. The minimum Gasteiger partial charge on any atom is -0.486 e. The van der Waals surface area contributed by atoms with E-state index in [0.29, 0.717) is 11.4 Å². The number of nitrogens with two attached hydrogens (primary N) is 1. The van der Waals surface area contributed by atoms with Crippen LogP contribution in [0.1, 0.15) is 11.4 Å². The predicted octanol–water partition coefficient (Wildman–Crippen LogP) is 4.84. The highest BCUT2D eigenvalue weighted by atomic mass is 35.5. The van der Waals surface area contributed by atoms with Crippen molar-refractivity contribution in [1.29, 1.82) is 0 Å². The van der Waals surface area contributed by atoms with Crippen molar-refractivity contribution in [2.24, 2.45) is 5.73 Å². The first kappa shape index (κ1) is 18.8. The van der Waals surface area contributed by atoms with E-state index in [4.69, 9.17) is 33.7 Å². The normalized spacial score (nSPS) is 13.2. The molecule has 0 aliphatic carbocycles. The smallest absolute Gasteiger partial charge is 0.449 e. The van der Waals surface area contributed by atoms with Crippen LogP contribution in [-0.4, -0.2) is 22.6 Å². The van der Waals surface area contributed by atoms with Gasteiger partial charge in [0.1, 0.15) is 17.4 Å². The van der Waals surface area contributed by atoms with Crippen molar-refractivity contribution >= 4 is 34.2 Å². The Morgan fingerprint density at radius 3 is 2.42 bits per heavy atom. The monoisotopic (exact) mass is 403 g/mol. The van der Waals surface area contributed by atoms with Gasteiger partial charge < -0.3 is 15.5 Å². The van der Waals surface area contributed by atoms with Gasteiger partial charge in [-0.2, -0.15) is 13.2 Å². The molecule has 0 amide bonds. The first-order valence-electron chi connectivity index (χ1n) is 7.64. The molecule has 3 N–H and O–H groups in total. The highest BCUT2D eigenvalue weighted by Crippen LogP contribution is 2.34. The number of aromatic amines is 1. The summed E-state index contributed by atoms with van der Waals surface area (Å²) in [6.07, 6.45) is -4.61. The lowest BCUT2D eigenvalue weighted by Crippen LogP contribution is -2.29. The van der Waals surface area contributed by atoms with Crippen LogP contribution in [0.15, 0.2) is 36.4 Å². The minimum atomic E-state index is -4.60. The fourth-order valence-electron chi connectivity index (χ4n) is 2.51. The van der Waals surface area contributed by atoms with Crippen molar-refractivity contribution in [2.75, 3.05) is 6.54 Å². The third-order valence-corrected chi connectivity index (χ3v) is 4.19. The number of H-pyrrole nitrogens is 1. The van der Waals surface area contributed by atoms with Gasteiger partial charge in [-0.1, -0.05) is 35.3 Å². The number of hydrogen-bond acceptors (Lipinski definition) is 3. The average molecular weight is 404 g/mol. The maximum absolute atomic E-state index is 12.9. The first-order chi connectivity index (χ1) is 12.3. The number of benzene rings is 2. The maximum atomic E-state index is 12.9. The van der Waals surface area contributed by atoms with Gasteiger partial charge in [0.05, 0.1) is 5.52 Å². The van der Waals surface area contributed by atoms with Gasteiger partial charge in [-0.3, -0.25) is 0 Å². The number of ether oxygens (including phenoxy) is 1. The van der Waals surface area contributed by atoms with E-state index < -0.39 is 18.1 Å². The number of nitrogens with zero attached hydrogens (tertiary/aromatic N) is 1. The van der Waals surface area contributed by atoms with E-state index in [1.165, 1.54) is 12.1 Å². The number of halogens is 5. The third-order valence-electron chi connectivity index (χ3n) is 3.72. The van der Waals surface area contributed by atoms with Crippen molar-refractivity contribution in [1.82, 2.24) is 9.97 Å². The van der Waals surface area contributed by atoms with Gasteiger partial charge in [0.2, 0.25) is 5.82 Å². The van der Waals surface area contributed by atoms with E-state index >= 15 is 0 Å². The second-order valence-corrected chi connectivity index (χ2v) is 6.56. The molecule has 1 aromatic heterocycles. The van der Waals surface area contributed by atoms with Crippen LogP contribution in [0.3, 0.4) is 0 Å². The highest BCUT2D eigenvalue weighted by molar-refractivity contribution is 6.31. The van der Waals surface area contributed by atoms with Crippen LogP contribution in [-0.2, 0) is 12.6 Å². The van der Waals surface area contributed by atoms with Gasteiger partial charge in [-0.15, -0.1) is 0 Å². The van der Waals surface area contributed by atoms with E-state index in [-0.39, 0.29) is 28.4 Å². The van der Waals surface area contributed by atoms with Crippen LogP contribution in [0.25, 0.3) is 11.0 Å². The van der Waals surface area contributed by atoms with Crippen LogP contribution < -0.4 is 10.5 Å². The lowest BCUT2D eigenvalue weighted by molar-refractivity contribution is -0.144. The zero-order chi connectivity index (χ0) is 18.9. The zero-order valence-electron chi connectivity index (χ0n) is 13.3. The van der Waals surface area contributed by atoms with E-state index in [9.17, 15) is 13.2 Å². The van der Waals surface area contributed by atoms with Crippen LogP contribution in [0.4, 0.5) is 13.2 Å². The Bertz CT molecular complexity index is 910. The molecular weight excluding hydrogens is 390 g/mol. The third kappa shape index (κ3) is 4.23. The average Bonchev–Trinajstić information content (AvgIpc) is 3.00. The molecular formula is C17H14Cl2F3N3O. The fourth-order valence-corrected chi connectivity index (χ4v) is 2.85. The molecule has 0 saturated heterocycles. The second-order valence-electron chi connectivity index (χ2n) is 5.69. The maximum Gasteiger partial charge on any atom is 0.449 e. The molecule has 9 heteroatoms. The van der Waals surface area contributed by atoms with E-state index in [1.54, 1.807) is 12.1 Å². The summed E-state index contributed by atoms with van der Waals surface area (Å²) < 4.78 is 44.6. The highest BCUT2D eigenvalue weighted by Gasteiger charge is 2.35. The molecule has 26 heavy (non-hydrogen) atoms. The van der Waals surface area contributed by atoms with Crippen molar-refractivity contribution in [2.45, 2.75) is 18.7 Å². The molecule has 0 fully saturated rings. The van der Waals surface area contributed by atoms with Crippen LogP contribution in [0, 0.1) is 0 Å². The van der Waals surface area contributed by atoms with Crippen molar-refractivity contribution < 1.29 is 17.9 Å². The van der Waals surface area contributed by atoms with Gasteiger partial charge in [-0.05, 0) is 23.8 Å². The Kier molecular flexibility index (Phi) is 5.32. The van der Waals surface area contributed by atoms with Crippen LogP contribution >= 0.6 is 23.2 Å². The SMILES string of the molecule is NCC(Cc1ccc(Cl)cc1)Oc1cc(Cl)cc2[nH]c(C(F)(F)F)nc12. The molecule has 3 rings (SSSR count). The predicted molar refractivity (Wildman–Crippen MR) is 94.7 cm³/mol. The topological polar surface area (TPSA) is 63.9 Å². The van der Waals surface area contributed by atoms with Crippen molar-refractivity contribution in [3.8, 4) is 5.75 Å². The fraction of sp³-hybridized carbons (Fsp3) is 0.235. The van der Waals surface area contributed by atoms with Crippen molar-refractivity contribution in [3.05, 3.63) is 57.8 Å². The van der Waals surface area contributed by atoms with E-state index in [0.717, 1.165) is 5.56 Å². The largest absolute Gasteiger partial charge is 0.486 e. The zero-order valence-corrected chi connectivity index (χ0v) is 14.8. The number of hydrogen-bond donors (Lipinski definition) is 2. The second kappa shape index (κ2) is 7.34. The Morgan fingerprint density at radius 1 is 1.12 bits per heavy atom. The number of nitrogens with one attached hydrogen (secondary N) is 1. The van der Waals surface area contributed by atoms with Crippen molar-refractivity contribution in [3.63, 3.8) is 0 Å². The molecule has 1 atom stereocenters. The summed E-state index contributed by atoms with van der Waals surface area (Å²) in [6.45, 7) is 0.160. The van der Waals surface area contributed by atoms with E-state index in [1.807, 2.05) is 12.1 Å². The number of alkyl halides is 3. The number of aromatic nitrogens is 2. The molecule has 0 saturated carbocycles. The summed E-state index contributed by atoms with van der Waals surface area (Å²) in [5, 5.41) is 0.832. The van der Waals surface area contributed by atoms with E-state index in [2.05, 4.69) is 9.97 Å². The minimum absolute atomic E-state index is 0.0521. The van der Waals surface area contributed by atoms with Gasteiger partial charge >= 0.3 is 6.18 Å². The Morgan fingerprint density at radius 2 is 1.81 bits per heavy atom. The Balaban J connectivity index is 1.90. The first-order valence-corrected chi connectivity index (χ1v) is 8.39. The standard InChI is InChI=1S/C17H14Cl2F3N3O/c18-10-3-1-9(2-4-10)5-12(8-23)26-14-7-11(19)6-13-15(14)25-16(24-13)17(20,21)22/h1-4,6-7,12H,5,8,23H2,(H,24,25). The number of imidazole rings is 1. The van der Waals surface area contributed by atoms with Gasteiger partial charge in [0.25, 0.3) is 0 Å². The summed E-state index contributed by atoms with van der Waals surface area (Å²) in [5.41, 5.74) is 6.89. The molecule has 1 heterocycles. The number of fused-ring (bicyclic) bond motifs is 1. The van der Waals surface area contributed by atoms with Crippen LogP contribution in [0.5, 0.6) is 5.75 Å². The summed E-state index contributed by atoms with van der Waals surface area (Å²) >= 11 is 11.9. The van der Waals surface area contributed by atoms with Crippen LogP contribution in [0.2, 0.25) is 10.0 Å². The molecule has 4 nitrogen and oxygen atoms in total.